The van der Waals surface area contributed by atoms with Gasteiger partial charge in [-0.25, -0.2) is 0 Å². The quantitative estimate of drug-likeness (QED) is 0.615. The highest BCUT2D eigenvalue weighted by Crippen LogP contribution is 2.12. The van der Waals surface area contributed by atoms with Gasteiger partial charge in [0.25, 0.3) is 0 Å². The third-order valence-corrected chi connectivity index (χ3v) is 1.73. The summed E-state index contributed by atoms with van der Waals surface area (Å²) in [7, 11) is 0. The lowest BCUT2D eigenvalue weighted by Crippen LogP contribution is -2.31. The molecule has 0 aromatic heterocycles. The van der Waals surface area contributed by atoms with E-state index in [2.05, 4.69) is 13.8 Å². The second-order valence-corrected chi connectivity index (χ2v) is 3.64. The van der Waals surface area contributed by atoms with Gasteiger partial charge in [-0.3, -0.25) is 0 Å². The normalized spacial score (nSPS) is 14.8. The van der Waals surface area contributed by atoms with E-state index in [1.165, 1.54) is 0 Å². The molecule has 0 spiro atoms. The topological polar surface area (TPSA) is 18.5 Å². The summed E-state index contributed by atoms with van der Waals surface area (Å²) < 4.78 is 10.9. The molecule has 0 saturated carbocycles. The first-order chi connectivity index (χ1) is 5.52. The maximum Gasteiger partial charge on any atom is 0.0864 e. The first-order valence-corrected chi connectivity index (χ1v) is 4.59. The Morgan fingerprint density at radius 2 is 2.00 bits per heavy atom. The standard InChI is InChI=1S/C10H21O2/c1-6-9(3)11-8-10(4,5)12-7-2/h7,9H,6,8H2,1-5H3. The van der Waals surface area contributed by atoms with Crippen LogP contribution in [0, 0.1) is 6.61 Å². The predicted octanol–water partition coefficient (Wildman–Crippen LogP) is 2.78. The fraction of sp³-hybridized carbons (Fsp3) is 0.900. The second kappa shape index (κ2) is 5.55. The van der Waals surface area contributed by atoms with Crippen LogP contribution in [0.1, 0.15) is 41.0 Å². The van der Waals surface area contributed by atoms with Crippen molar-refractivity contribution in [3.8, 4) is 0 Å². The zero-order chi connectivity index (χ0) is 9.61. The lowest BCUT2D eigenvalue weighted by atomic mass is 10.1. The Morgan fingerprint density at radius 3 is 2.42 bits per heavy atom. The molecule has 0 heterocycles. The molecule has 0 bridgehead atoms. The van der Waals surface area contributed by atoms with Crippen LogP contribution in [0.3, 0.4) is 0 Å². The van der Waals surface area contributed by atoms with E-state index in [4.69, 9.17) is 9.47 Å². The summed E-state index contributed by atoms with van der Waals surface area (Å²) in [5.41, 5.74) is -0.196. The molecule has 1 unspecified atom stereocenters. The minimum atomic E-state index is -0.196. The zero-order valence-electron chi connectivity index (χ0n) is 8.89. The highest BCUT2D eigenvalue weighted by molar-refractivity contribution is 4.69. The summed E-state index contributed by atoms with van der Waals surface area (Å²) in [4.78, 5) is 0. The predicted molar refractivity (Wildman–Crippen MR) is 50.8 cm³/mol. The third kappa shape index (κ3) is 5.56. The monoisotopic (exact) mass is 173 g/mol. The molecule has 12 heavy (non-hydrogen) atoms. The number of hydrogen-bond donors (Lipinski definition) is 0. The van der Waals surface area contributed by atoms with Crippen molar-refractivity contribution in [1.82, 2.24) is 0 Å². The molecule has 73 valence electrons. The minimum Gasteiger partial charge on any atom is -0.376 e. The van der Waals surface area contributed by atoms with E-state index >= 15 is 0 Å². The van der Waals surface area contributed by atoms with Crippen LogP contribution in [-0.2, 0) is 9.47 Å². The van der Waals surface area contributed by atoms with Crippen LogP contribution in [0.25, 0.3) is 0 Å². The van der Waals surface area contributed by atoms with Gasteiger partial charge >= 0.3 is 0 Å². The van der Waals surface area contributed by atoms with E-state index in [1.54, 1.807) is 6.61 Å². The average molecular weight is 173 g/mol. The molecule has 1 radical (unpaired) electrons. The van der Waals surface area contributed by atoms with Crippen molar-refractivity contribution < 1.29 is 9.47 Å². The number of ether oxygens (including phenoxy) is 2. The van der Waals surface area contributed by atoms with Crippen LogP contribution in [0.15, 0.2) is 0 Å². The van der Waals surface area contributed by atoms with Crippen molar-refractivity contribution in [2.75, 3.05) is 6.61 Å². The Balaban J connectivity index is 3.59. The molecule has 0 fully saturated rings. The number of rotatable bonds is 6. The smallest absolute Gasteiger partial charge is 0.0864 e. The van der Waals surface area contributed by atoms with Crippen molar-refractivity contribution in [3.05, 3.63) is 6.61 Å². The van der Waals surface area contributed by atoms with Gasteiger partial charge in [0.1, 0.15) is 0 Å². The summed E-state index contributed by atoms with van der Waals surface area (Å²) in [6.45, 7) is 12.5. The molecular formula is C10H21O2. The molecule has 0 aromatic carbocycles. The Labute approximate surface area is 76.3 Å². The molecular weight excluding hydrogens is 152 g/mol. The lowest BCUT2D eigenvalue weighted by Gasteiger charge is -2.25. The van der Waals surface area contributed by atoms with Crippen molar-refractivity contribution in [2.24, 2.45) is 0 Å². The maximum absolute atomic E-state index is 5.56. The molecule has 2 nitrogen and oxygen atoms in total. The Bertz CT molecular complexity index is 110. The van der Waals surface area contributed by atoms with Crippen molar-refractivity contribution >= 4 is 0 Å². The van der Waals surface area contributed by atoms with Crippen LogP contribution in [0.5, 0.6) is 0 Å². The Morgan fingerprint density at radius 1 is 1.42 bits per heavy atom. The van der Waals surface area contributed by atoms with Gasteiger partial charge in [-0.2, -0.15) is 0 Å². The summed E-state index contributed by atoms with van der Waals surface area (Å²) in [5, 5.41) is 0. The van der Waals surface area contributed by atoms with E-state index in [0.717, 1.165) is 6.42 Å². The van der Waals surface area contributed by atoms with Crippen LogP contribution in [-0.4, -0.2) is 18.3 Å². The van der Waals surface area contributed by atoms with Crippen molar-refractivity contribution in [2.45, 2.75) is 52.7 Å². The van der Waals surface area contributed by atoms with Gasteiger partial charge in [-0.1, -0.05) is 6.92 Å². The lowest BCUT2D eigenvalue weighted by molar-refractivity contribution is -0.0681. The molecule has 0 aliphatic rings. The Hall–Kier alpha value is -0.0800. The van der Waals surface area contributed by atoms with E-state index in [-0.39, 0.29) is 5.60 Å². The van der Waals surface area contributed by atoms with Crippen molar-refractivity contribution in [1.29, 1.82) is 0 Å². The molecule has 0 aliphatic heterocycles. The fourth-order valence-electron chi connectivity index (χ4n) is 0.814. The van der Waals surface area contributed by atoms with Gasteiger partial charge in [0.05, 0.1) is 24.9 Å². The third-order valence-electron chi connectivity index (χ3n) is 1.73. The van der Waals surface area contributed by atoms with Gasteiger partial charge in [0, 0.05) is 0 Å². The summed E-state index contributed by atoms with van der Waals surface area (Å²) >= 11 is 0. The van der Waals surface area contributed by atoms with Gasteiger partial charge < -0.3 is 9.47 Å². The largest absolute Gasteiger partial charge is 0.376 e. The van der Waals surface area contributed by atoms with Gasteiger partial charge in [-0.05, 0) is 34.1 Å². The SMILES string of the molecule is C[CH]OC(C)(C)COC(C)CC. The van der Waals surface area contributed by atoms with Crippen LogP contribution >= 0.6 is 0 Å². The van der Waals surface area contributed by atoms with Gasteiger partial charge in [-0.15, -0.1) is 0 Å². The molecule has 1 atom stereocenters. The molecule has 0 aromatic rings. The fourth-order valence-corrected chi connectivity index (χ4v) is 0.814. The molecule has 0 aliphatic carbocycles. The summed E-state index contributed by atoms with van der Waals surface area (Å²) in [5.74, 6) is 0. The summed E-state index contributed by atoms with van der Waals surface area (Å²) in [6.07, 6.45) is 1.37. The second-order valence-electron chi connectivity index (χ2n) is 3.64. The highest BCUT2D eigenvalue weighted by atomic mass is 16.5. The zero-order valence-corrected chi connectivity index (χ0v) is 8.89. The molecule has 0 N–H and O–H groups in total. The van der Waals surface area contributed by atoms with Crippen LogP contribution in [0.4, 0.5) is 0 Å². The Kier molecular flexibility index (Phi) is 5.51. The first-order valence-electron chi connectivity index (χ1n) is 4.59. The summed E-state index contributed by atoms with van der Waals surface area (Å²) in [6, 6.07) is 0. The van der Waals surface area contributed by atoms with Crippen molar-refractivity contribution in [3.63, 3.8) is 0 Å². The molecule has 2 heteroatoms. The molecule has 0 rings (SSSR count). The van der Waals surface area contributed by atoms with Gasteiger partial charge in [0.15, 0.2) is 0 Å². The van der Waals surface area contributed by atoms with E-state index in [9.17, 15) is 0 Å². The van der Waals surface area contributed by atoms with E-state index < -0.39 is 0 Å². The molecule has 0 amide bonds. The van der Waals surface area contributed by atoms with Crippen LogP contribution < -0.4 is 0 Å². The van der Waals surface area contributed by atoms with E-state index in [1.807, 2.05) is 20.8 Å². The highest BCUT2D eigenvalue weighted by Gasteiger charge is 2.18. The number of hydrogen-bond acceptors (Lipinski definition) is 2. The van der Waals surface area contributed by atoms with E-state index in [0.29, 0.717) is 12.7 Å². The van der Waals surface area contributed by atoms with Gasteiger partial charge in [0.2, 0.25) is 0 Å². The first kappa shape index (κ1) is 11.9. The average Bonchev–Trinajstić information content (AvgIpc) is 2.00. The van der Waals surface area contributed by atoms with Crippen LogP contribution in [0.2, 0.25) is 0 Å². The minimum absolute atomic E-state index is 0.196. The maximum atomic E-state index is 5.56. The molecule has 0 saturated heterocycles.